The van der Waals surface area contributed by atoms with Gasteiger partial charge in [-0.15, -0.1) is 0 Å². The monoisotopic (exact) mass is 295 g/mol. The number of anilines is 1. The maximum Gasteiger partial charge on any atom is 0.257 e. The Morgan fingerprint density at radius 1 is 1.60 bits per heavy atom. The number of rotatable bonds is 6. The van der Waals surface area contributed by atoms with Crippen LogP contribution in [0.4, 0.5) is 5.69 Å². The van der Waals surface area contributed by atoms with Gasteiger partial charge in [-0.2, -0.15) is 0 Å². The lowest BCUT2D eigenvalue weighted by molar-refractivity contribution is -0.119. The van der Waals surface area contributed by atoms with Crippen LogP contribution in [0.25, 0.3) is 11.1 Å². The molecule has 0 bridgehead atoms. The van der Waals surface area contributed by atoms with Gasteiger partial charge >= 0.3 is 0 Å². The third-order valence-corrected chi connectivity index (χ3v) is 3.37. The molecular formula is C13H17N3O3S. The minimum Gasteiger partial charge on any atom is -0.431 e. The molecule has 1 heterocycles. The summed E-state index contributed by atoms with van der Waals surface area (Å²) >= 11 is 1.25. The van der Waals surface area contributed by atoms with Crippen LogP contribution in [-0.4, -0.2) is 36.4 Å². The van der Waals surface area contributed by atoms with Crippen molar-refractivity contribution in [3.63, 3.8) is 0 Å². The Labute approximate surface area is 121 Å². The van der Waals surface area contributed by atoms with Gasteiger partial charge in [-0.1, -0.05) is 11.8 Å². The predicted molar refractivity (Wildman–Crippen MR) is 78.6 cm³/mol. The number of thioether (sulfide) groups is 1. The van der Waals surface area contributed by atoms with Gasteiger partial charge in [0.05, 0.1) is 12.4 Å². The molecule has 2 aromatic rings. The van der Waals surface area contributed by atoms with Crippen LogP contribution in [-0.2, 0) is 9.53 Å². The number of oxazole rings is 1. The molecule has 1 aromatic carbocycles. The molecule has 0 spiro atoms. The van der Waals surface area contributed by atoms with Crippen LogP contribution in [0, 0.1) is 0 Å². The number of methoxy groups -OCH3 is 1. The van der Waals surface area contributed by atoms with Gasteiger partial charge in [0.2, 0.25) is 5.91 Å². The van der Waals surface area contributed by atoms with Gasteiger partial charge in [0.1, 0.15) is 5.52 Å². The van der Waals surface area contributed by atoms with Crippen molar-refractivity contribution >= 4 is 34.5 Å². The average molecular weight is 295 g/mol. The highest BCUT2D eigenvalue weighted by Gasteiger charge is 2.11. The van der Waals surface area contributed by atoms with Crippen LogP contribution in [0.15, 0.2) is 27.8 Å². The molecule has 1 aromatic heterocycles. The van der Waals surface area contributed by atoms with Crippen molar-refractivity contribution in [1.29, 1.82) is 0 Å². The minimum atomic E-state index is -0.0821. The maximum atomic E-state index is 11.7. The van der Waals surface area contributed by atoms with Crippen molar-refractivity contribution in [2.45, 2.75) is 18.2 Å². The maximum absolute atomic E-state index is 11.7. The van der Waals surface area contributed by atoms with Crippen LogP contribution in [0.5, 0.6) is 0 Å². The van der Waals surface area contributed by atoms with E-state index in [1.54, 1.807) is 25.3 Å². The summed E-state index contributed by atoms with van der Waals surface area (Å²) in [6.45, 7) is 2.37. The van der Waals surface area contributed by atoms with E-state index in [0.717, 1.165) is 5.52 Å². The largest absolute Gasteiger partial charge is 0.431 e. The van der Waals surface area contributed by atoms with Gasteiger partial charge in [0, 0.05) is 24.9 Å². The minimum absolute atomic E-state index is 0.0171. The fourth-order valence-electron chi connectivity index (χ4n) is 1.72. The number of nitrogen functional groups attached to an aromatic ring is 1. The quantitative estimate of drug-likeness (QED) is 0.622. The molecule has 0 fully saturated rings. The number of nitrogens with one attached hydrogen (secondary N) is 1. The summed E-state index contributed by atoms with van der Waals surface area (Å²) in [6.07, 6.45) is 0. The lowest BCUT2D eigenvalue weighted by Crippen LogP contribution is -2.36. The van der Waals surface area contributed by atoms with Gasteiger partial charge in [-0.25, -0.2) is 4.98 Å². The Balaban J connectivity index is 1.90. The summed E-state index contributed by atoms with van der Waals surface area (Å²) in [5.74, 6) is 0.164. The first-order chi connectivity index (χ1) is 9.58. The van der Waals surface area contributed by atoms with E-state index in [0.29, 0.717) is 23.1 Å². The Morgan fingerprint density at radius 3 is 3.15 bits per heavy atom. The van der Waals surface area contributed by atoms with E-state index >= 15 is 0 Å². The Morgan fingerprint density at radius 2 is 2.40 bits per heavy atom. The molecule has 20 heavy (non-hydrogen) atoms. The number of amides is 1. The molecule has 7 heteroatoms. The van der Waals surface area contributed by atoms with Crippen molar-refractivity contribution in [3.8, 4) is 0 Å². The van der Waals surface area contributed by atoms with Crippen molar-refractivity contribution < 1.29 is 13.9 Å². The van der Waals surface area contributed by atoms with E-state index < -0.39 is 0 Å². The molecule has 0 aliphatic rings. The van der Waals surface area contributed by atoms with Crippen molar-refractivity contribution in [2.75, 3.05) is 25.2 Å². The number of aromatic nitrogens is 1. The summed E-state index contributed by atoms with van der Waals surface area (Å²) in [5, 5.41) is 3.28. The molecule has 1 amide bonds. The Bertz CT molecular complexity index is 600. The first kappa shape index (κ1) is 14.7. The van der Waals surface area contributed by atoms with E-state index in [4.69, 9.17) is 14.9 Å². The fraction of sp³-hybridized carbons (Fsp3) is 0.385. The molecule has 1 unspecified atom stereocenters. The zero-order chi connectivity index (χ0) is 14.5. The zero-order valence-electron chi connectivity index (χ0n) is 11.4. The van der Waals surface area contributed by atoms with Crippen LogP contribution in [0.1, 0.15) is 6.92 Å². The number of nitrogens with zero attached hydrogens (tertiary/aromatic N) is 1. The van der Waals surface area contributed by atoms with Crippen molar-refractivity contribution in [2.24, 2.45) is 0 Å². The number of benzene rings is 1. The average Bonchev–Trinajstić information content (AvgIpc) is 2.78. The van der Waals surface area contributed by atoms with Gasteiger partial charge in [0.25, 0.3) is 5.22 Å². The highest BCUT2D eigenvalue weighted by molar-refractivity contribution is 7.99. The second-order valence-electron chi connectivity index (χ2n) is 4.42. The third-order valence-electron chi connectivity index (χ3n) is 2.54. The van der Waals surface area contributed by atoms with E-state index in [1.165, 1.54) is 11.8 Å². The van der Waals surface area contributed by atoms with Gasteiger partial charge in [-0.05, 0) is 19.1 Å². The Hall–Kier alpha value is -1.73. The smallest absolute Gasteiger partial charge is 0.257 e. The molecule has 0 aliphatic carbocycles. The first-order valence-corrected chi connectivity index (χ1v) is 7.14. The molecule has 3 N–H and O–H groups in total. The molecule has 108 valence electrons. The Kier molecular flexibility index (Phi) is 4.86. The molecule has 1 atom stereocenters. The SMILES string of the molecule is COCC(C)NC(=O)CSc1nc2ccc(N)cc2o1. The van der Waals surface area contributed by atoms with Gasteiger partial charge in [0.15, 0.2) is 5.58 Å². The summed E-state index contributed by atoms with van der Waals surface area (Å²) in [5.41, 5.74) is 7.65. The number of carbonyl (C=O) groups excluding carboxylic acids is 1. The molecular weight excluding hydrogens is 278 g/mol. The lowest BCUT2D eigenvalue weighted by atomic mass is 10.3. The van der Waals surface area contributed by atoms with Crippen LogP contribution < -0.4 is 11.1 Å². The normalized spacial score (nSPS) is 12.5. The van der Waals surface area contributed by atoms with Crippen molar-refractivity contribution in [3.05, 3.63) is 18.2 Å². The second-order valence-corrected chi connectivity index (χ2v) is 5.35. The summed E-state index contributed by atoms with van der Waals surface area (Å²) in [4.78, 5) is 16.0. The van der Waals surface area contributed by atoms with E-state index in [1.807, 2.05) is 6.92 Å². The molecule has 0 saturated carbocycles. The van der Waals surface area contributed by atoms with Crippen LogP contribution in [0.2, 0.25) is 0 Å². The summed E-state index contributed by atoms with van der Waals surface area (Å²) < 4.78 is 10.5. The number of hydrogen-bond donors (Lipinski definition) is 2. The number of carbonyl (C=O) groups is 1. The fourth-order valence-corrected chi connectivity index (χ4v) is 2.37. The number of ether oxygens (including phenoxy) is 1. The van der Waals surface area contributed by atoms with Gasteiger partial charge in [-0.3, -0.25) is 4.79 Å². The van der Waals surface area contributed by atoms with E-state index in [-0.39, 0.29) is 17.7 Å². The molecule has 6 nitrogen and oxygen atoms in total. The standard InChI is InChI=1S/C13H17N3O3S/c1-8(6-18-2)15-12(17)7-20-13-16-10-4-3-9(14)5-11(10)19-13/h3-5,8H,6-7,14H2,1-2H3,(H,15,17). The van der Waals surface area contributed by atoms with E-state index in [9.17, 15) is 4.79 Å². The third kappa shape index (κ3) is 3.88. The van der Waals surface area contributed by atoms with Crippen LogP contribution in [0.3, 0.4) is 0 Å². The molecule has 0 radical (unpaired) electrons. The molecule has 0 aliphatic heterocycles. The highest BCUT2D eigenvalue weighted by atomic mass is 32.2. The number of nitrogens with two attached hydrogens (primary N) is 1. The summed E-state index contributed by atoms with van der Waals surface area (Å²) in [6, 6.07) is 5.25. The van der Waals surface area contributed by atoms with E-state index in [2.05, 4.69) is 10.3 Å². The van der Waals surface area contributed by atoms with Crippen molar-refractivity contribution in [1.82, 2.24) is 10.3 Å². The lowest BCUT2D eigenvalue weighted by Gasteiger charge is -2.11. The van der Waals surface area contributed by atoms with Gasteiger partial charge < -0.3 is 20.2 Å². The van der Waals surface area contributed by atoms with Crippen LogP contribution >= 0.6 is 11.8 Å². The number of hydrogen-bond acceptors (Lipinski definition) is 6. The topological polar surface area (TPSA) is 90.4 Å². The second kappa shape index (κ2) is 6.62. The molecule has 2 rings (SSSR count). The summed E-state index contributed by atoms with van der Waals surface area (Å²) in [7, 11) is 1.60. The predicted octanol–water partition coefficient (Wildman–Crippen LogP) is 1.65. The highest BCUT2D eigenvalue weighted by Crippen LogP contribution is 2.24. The number of fused-ring (bicyclic) bond motifs is 1. The molecule has 0 saturated heterocycles. The first-order valence-electron chi connectivity index (χ1n) is 6.15. The zero-order valence-corrected chi connectivity index (χ0v) is 12.2.